The van der Waals surface area contributed by atoms with E-state index in [4.69, 9.17) is 23.2 Å². The van der Waals surface area contributed by atoms with E-state index >= 15 is 0 Å². The van der Waals surface area contributed by atoms with Crippen LogP contribution in [0.2, 0.25) is 10.0 Å². The molecule has 2 aromatic carbocycles. The Labute approximate surface area is 132 Å². The van der Waals surface area contributed by atoms with Gasteiger partial charge in [0.1, 0.15) is 11.6 Å². The minimum absolute atomic E-state index is 0.242. The summed E-state index contributed by atoms with van der Waals surface area (Å²) < 4.78 is 27.6. The van der Waals surface area contributed by atoms with Crippen LogP contribution in [0.5, 0.6) is 0 Å². The topological polar surface area (TPSA) is 12.0 Å². The number of nitrogens with one attached hydrogen (secondary N) is 1. The molecule has 2 aromatic rings. The lowest BCUT2D eigenvalue weighted by Gasteiger charge is -2.18. The fourth-order valence-corrected chi connectivity index (χ4v) is 2.50. The molecule has 0 aliphatic carbocycles. The van der Waals surface area contributed by atoms with Crippen molar-refractivity contribution >= 4 is 28.9 Å². The highest BCUT2D eigenvalue weighted by Crippen LogP contribution is 2.32. The van der Waals surface area contributed by atoms with Crippen LogP contribution in [0.3, 0.4) is 0 Å². The molecule has 0 aliphatic heterocycles. The quantitative estimate of drug-likeness (QED) is 0.721. The third kappa shape index (κ3) is 3.47. The second kappa shape index (κ2) is 6.20. The van der Waals surface area contributed by atoms with E-state index in [1.807, 2.05) is 6.92 Å². The molecule has 0 fully saturated rings. The van der Waals surface area contributed by atoms with Gasteiger partial charge in [0.15, 0.2) is 0 Å². The summed E-state index contributed by atoms with van der Waals surface area (Å²) in [6.45, 7) is 5.10. The van der Waals surface area contributed by atoms with Gasteiger partial charge in [-0.05, 0) is 56.2 Å². The van der Waals surface area contributed by atoms with Crippen molar-refractivity contribution in [3.05, 3.63) is 62.6 Å². The van der Waals surface area contributed by atoms with Gasteiger partial charge in [0.05, 0.1) is 16.8 Å². The molecule has 1 atom stereocenters. The molecule has 0 bridgehead atoms. The number of benzene rings is 2. The first-order valence-corrected chi connectivity index (χ1v) is 7.23. The van der Waals surface area contributed by atoms with Crippen molar-refractivity contribution in [1.29, 1.82) is 0 Å². The maximum absolute atomic E-state index is 14.0. The fourth-order valence-electron chi connectivity index (χ4n) is 2.06. The van der Waals surface area contributed by atoms with Crippen molar-refractivity contribution in [1.82, 2.24) is 0 Å². The maximum atomic E-state index is 14.0. The van der Waals surface area contributed by atoms with Crippen LogP contribution < -0.4 is 5.32 Å². The lowest BCUT2D eigenvalue weighted by molar-refractivity contribution is 0.571. The smallest absolute Gasteiger partial charge is 0.128 e. The van der Waals surface area contributed by atoms with Gasteiger partial charge in [-0.2, -0.15) is 0 Å². The summed E-state index contributed by atoms with van der Waals surface area (Å²) in [4.78, 5) is 0. The van der Waals surface area contributed by atoms with E-state index in [2.05, 4.69) is 5.32 Å². The predicted octanol–water partition coefficient (Wildman–Crippen LogP) is 6.06. The van der Waals surface area contributed by atoms with Crippen LogP contribution in [0.15, 0.2) is 24.3 Å². The number of anilines is 1. The van der Waals surface area contributed by atoms with Crippen LogP contribution in [0.1, 0.15) is 29.7 Å². The van der Waals surface area contributed by atoms with E-state index in [1.165, 1.54) is 19.1 Å². The van der Waals surface area contributed by atoms with Crippen LogP contribution in [-0.2, 0) is 0 Å². The molecule has 0 heterocycles. The Morgan fingerprint density at radius 3 is 2.24 bits per heavy atom. The first kappa shape index (κ1) is 16.1. The van der Waals surface area contributed by atoms with E-state index in [1.54, 1.807) is 19.1 Å². The van der Waals surface area contributed by atoms with Crippen LogP contribution in [0, 0.1) is 25.5 Å². The molecule has 1 unspecified atom stereocenters. The van der Waals surface area contributed by atoms with E-state index in [0.717, 1.165) is 5.56 Å². The van der Waals surface area contributed by atoms with Crippen molar-refractivity contribution in [2.75, 3.05) is 5.32 Å². The molecule has 0 spiro atoms. The van der Waals surface area contributed by atoms with Crippen LogP contribution in [0.25, 0.3) is 0 Å². The van der Waals surface area contributed by atoms with Crippen molar-refractivity contribution in [3.8, 4) is 0 Å². The molecule has 0 amide bonds. The number of halogens is 4. The third-order valence-electron chi connectivity index (χ3n) is 3.36. The average molecular weight is 330 g/mol. The largest absolute Gasteiger partial charge is 0.377 e. The van der Waals surface area contributed by atoms with Gasteiger partial charge < -0.3 is 5.32 Å². The SMILES string of the molecule is Cc1cc(F)c(C(C)Nc2cc(Cl)c(C)cc2Cl)cc1F. The number of hydrogen-bond donors (Lipinski definition) is 1. The summed E-state index contributed by atoms with van der Waals surface area (Å²) in [6.07, 6.45) is 0. The zero-order valence-electron chi connectivity index (χ0n) is 11.9. The molecule has 0 aliphatic rings. The minimum Gasteiger partial charge on any atom is -0.377 e. The zero-order chi connectivity index (χ0) is 15.7. The van der Waals surface area contributed by atoms with Gasteiger partial charge in [-0.3, -0.25) is 0 Å². The molecule has 1 nitrogen and oxygen atoms in total. The minimum atomic E-state index is -0.455. The number of hydrogen-bond acceptors (Lipinski definition) is 1. The predicted molar refractivity (Wildman–Crippen MR) is 84.3 cm³/mol. The lowest BCUT2D eigenvalue weighted by Crippen LogP contribution is -2.10. The summed E-state index contributed by atoms with van der Waals surface area (Å²) in [5, 5.41) is 4.10. The Bertz CT molecular complexity index is 686. The lowest BCUT2D eigenvalue weighted by atomic mass is 10.0. The van der Waals surface area contributed by atoms with Gasteiger partial charge in [0, 0.05) is 10.6 Å². The Hall–Kier alpha value is -1.32. The van der Waals surface area contributed by atoms with E-state index in [0.29, 0.717) is 15.7 Å². The van der Waals surface area contributed by atoms with Gasteiger partial charge in [0.2, 0.25) is 0 Å². The van der Waals surface area contributed by atoms with Crippen molar-refractivity contribution in [3.63, 3.8) is 0 Å². The van der Waals surface area contributed by atoms with Crippen LogP contribution in [-0.4, -0.2) is 0 Å². The van der Waals surface area contributed by atoms with Crippen molar-refractivity contribution in [2.45, 2.75) is 26.8 Å². The molecule has 5 heteroatoms. The highest BCUT2D eigenvalue weighted by molar-refractivity contribution is 6.35. The Morgan fingerprint density at radius 1 is 0.905 bits per heavy atom. The van der Waals surface area contributed by atoms with E-state index in [9.17, 15) is 8.78 Å². The van der Waals surface area contributed by atoms with Gasteiger partial charge >= 0.3 is 0 Å². The highest BCUT2D eigenvalue weighted by Gasteiger charge is 2.15. The summed E-state index contributed by atoms with van der Waals surface area (Å²) >= 11 is 12.2. The molecule has 0 saturated carbocycles. The van der Waals surface area contributed by atoms with Gasteiger partial charge in [-0.25, -0.2) is 8.78 Å². The molecule has 0 saturated heterocycles. The van der Waals surface area contributed by atoms with Crippen molar-refractivity contribution in [2.24, 2.45) is 0 Å². The Balaban J connectivity index is 2.32. The molecule has 112 valence electrons. The van der Waals surface area contributed by atoms with E-state index in [-0.39, 0.29) is 11.1 Å². The standard InChI is InChI=1S/C16H15Cl2F2N/c1-8-4-13(18)16(7-12(8)17)21-10(3)11-6-14(19)9(2)5-15(11)20/h4-7,10,21H,1-3H3. The fraction of sp³-hybridized carbons (Fsp3) is 0.250. The molecule has 0 radical (unpaired) electrons. The van der Waals surface area contributed by atoms with Gasteiger partial charge in [0.25, 0.3) is 0 Å². The summed E-state index contributed by atoms with van der Waals surface area (Å²) in [5.74, 6) is -0.892. The summed E-state index contributed by atoms with van der Waals surface area (Å²) in [7, 11) is 0. The molecule has 1 N–H and O–H groups in total. The van der Waals surface area contributed by atoms with Crippen LogP contribution >= 0.6 is 23.2 Å². The molecule has 0 aromatic heterocycles. The maximum Gasteiger partial charge on any atom is 0.128 e. The van der Waals surface area contributed by atoms with Crippen molar-refractivity contribution < 1.29 is 8.78 Å². The first-order valence-electron chi connectivity index (χ1n) is 6.47. The first-order chi connectivity index (χ1) is 9.79. The Kier molecular flexibility index (Phi) is 4.74. The normalized spacial score (nSPS) is 12.3. The zero-order valence-corrected chi connectivity index (χ0v) is 13.4. The van der Waals surface area contributed by atoms with Gasteiger partial charge in [-0.1, -0.05) is 23.2 Å². The molecular weight excluding hydrogens is 315 g/mol. The second-order valence-electron chi connectivity index (χ2n) is 5.07. The monoisotopic (exact) mass is 329 g/mol. The molecular formula is C16H15Cl2F2N. The van der Waals surface area contributed by atoms with Crippen LogP contribution in [0.4, 0.5) is 14.5 Å². The van der Waals surface area contributed by atoms with E-state index < -0.39 is 17.7 Å². The molecule has 21 heavy (non-hydrogen) atoms. The number of aryl methyl sites for hydroxylation is 2. The number of rotatable bonds is 3. The summed E-state index contributed by atoms with van der Waals surface area (Å²) in [6, 6.07) is 5.35. The molecule has 2 rings (SSSR count). The Morgan fingerprint density at radius 2 is 1.57 bits per heavy atom. The van der Waals surface area contributed by atoms with Gasteiger partial charge in [-0.15, -0.1) is 0 Å². The highest BCUT2D eigenvalue weighted by atomic mass is 35.5. The second-order valence-corrected chi connectivity index (χ2v) is 5.88. The summed E-state index contributed by atoms with van der Waals surface area (Å²) in [5.41, 5.74) is 1.96. The average Bonchev–Trinajstić information content (AvgIpc) is 2.40. The third-order valence-corrected chi connectivity index (χ3v) is 4.08.